The summed E-state index contributed by atoms with van der Waals surface area (Å²) >= 11 is 1.11. The number of carboxylic acid groups (broad SMARTS) is 1. The summed E-state index contributed by atoms with van der Waals surface area (Å²) in [5, 5.41) is 22.0. The number of likely N-dealkylation sites (tertiary alicyclic amines) is 1. The van der Waals surface area contributed by atoms with Crippen LogP contribution in [0.3, 0.4) is 0 Å². The third-order valence-electron chi connectivity index (χ3n) is 7.67. The summed E-state index contributed by atoms with van der Waals surface area (Å²) in [6.45, 7) is 15.3. The maximum absolute atomic E-state index is 14.3. The maximum atomic E-state index is 14.3. The van der Waals surface area contributed by atoms with Crippen molar-refractivity contribution in [3.63, 3.8) is 0 Å². The van der Waals surface area contributed by atoms with E-state index in [1.807, 2.05) is 13.8 Å². The number of ether oxygens (including phenoxy) is 1. The number of aliphatic hydroxyl groups is 1. The van der Waals surface area contributed by atoms with Gasteiger partial charge in [0.05, 0.1) is 6.61 Å². The topological polar surface area (TPSA) is 116 Å². The molecule has 1 aliphatic heterocycles. The van der Waals surface area contributed by atoms with E-state index in [4.69, 9.17) is 9.73 Å². The first-order chi connectivity index (χ1) is 18.5. The summed E-state index contributed by atoms with van der Waals surface area (Å²) in [7, 11) is 2.13. The number of carboxylic acids is 1. The number of amides is 1. The number of aliphatic hydroxyl groups excluding tert-OH is 1. The third kappa shape index (κ3) is 9.20. The van der Waals surface area contributed by atoms with Crippen molar-refractivity contribution in [2.24, 2.45) is 16.8 Å². The van der Waals surface area contributed by atoms with Gasteiger partial charge in [0.2, 0.25) is 5.91 Å². The van der Waals surface area contributed by atoms with Gasteiger partial charge in [-0.25, -0.2) is 9.78 Å². The van der Waals surface area contributed by atoms with Crippen LogP contribution in [0.4, 0.5) is 0 Å². The number of hydrogen-bond donors (Lipinski definition) is 2. The Kier molecular flexibility index (Phi) is 13.7. The maximum Gasteiger partial charge on any atom is 0.355 e. The van der Waals surface area contributed by atoms with Gasteiger partial charge in [0.15, 0.2) is 5.69 Å². The van der Waals surface area contributed by atoms with Crippen LogP contribution in [0.15, 0.2) is 23.0 Å². The second kappa shape index (κ2) is 16.2. The second-order valence-electron chi connectivity index (χ2n) is 10.8. The Hall–Kier alpha value is -2.14. The molecule has 0 bridgehead atoms. The van der Waals surface area contributed by atoms with Crippen LogP contribution in [0.1, 0.15) is 94.7 Å². The highest BCUT2D eigenvalue weighted by Gasteiger charge is 2.36. The lowest BCUT2D eigenvalue weighted by atomic mass is 9.92. The standard InChI is InChI=1S/C29H48N4O5S/c1-8-15-38-18-33(24(19(4)5)16-25(34)27-31-22(17-39-27)29(36)37)28(35)26(20(6)9-2)30-21(10-3)23-13-11-12-14-32(23)7/h8,17,19-20,23-26,34H,1,9-16,18H2,2-7H3,(H,36,37). The van der Waals surface area contributed by atoms with E-state index < -0.39 is 18.1 Å². The van der Waals surface area contributed by atoms with E-state index in [2.05, 4.69) is 44.3 Å². The third-order valence-corrected chi connectivity index (χ3v) is 8.61. The number of rotatable bonds is 16. The number of aromatic nitrogens is 1. The summed E-state index contributed by atoms with van der Waals surface area (Å²) in [6.07, 6.45) is 5.79. The minimum absolute atomic E-state index is 0.00785. The molecule has 0 aromatic carbocycles. The number of thiazole rings is 1. The number of carbonyl (C=O) groups is 2. The van der Waals surface area contributed by atoms with Gasteiger partial charge in [0.25, 0.3) is 0 Å². The minimum Gasteiger partial charge on any atom is -0.476 e. The van der Waals surface area contributed by atoms with Gasteiger partial charge in [0.1, 0.15) is 23.9 Å². The molecule has 1 amide bonds. The zero-order valence-corrected chi connectivity index (χ0v) is 25.3. The van der Waals surface area contributed by atoms with Crippen molar-refractivity contribution in [3.8, 4) is 0 Å². The van der Waals surface area contributed by atoms with Crippen molar-refractivity contribution in [1.29, 1.82) is 0 Å². The lowest BCUT2D eigenvalue weighted by Crippen LogP contribution is -2.51. The van der Waals surface area contributed by atoms with Crippen LogP contribution in [0.5, 0.6) is 0 Å². The SMILES string of the molecule is C=CCOCN(C(=O)C(N=C(CC)C1CCCCN1C)C(C)CC)C(CC(O)c1nc(C(=O)O)cs1)C(C)C. The second-order valence-corrected chi connectivity index (χ2v) is 11.7. The van der Waals surface area contributed by atoms with E-state index in [0.29, 0.717) is 5.01 Å². The van der Waals surface area contributed by atoms with E-state index in [0.717, 1.165) is 49.3 Å². The minimum atomic E-state index is -1.13. The number of hydrogen-bond acceptors (Lipinski definition) is 8. The molecule has 0 aliphatic carbocycles. The van der Waals surface area contributed by atoms with Crippen LogP contribution >= 0.6 is 11.3 Å². The average Bonchev–Trinajstić information content (AvgIpc) is 3.42. The van der Waals surface area contributed by atoms with Crippen molar-refractivity contribution in [2.75, 3.05) is 26.9 Å². The summed E-state index contributed by atoms with van der Waals surface area (Å²) in [5.41, 5.74) is 0.969. The lowest BCUT2D eigenvalue weighted by Gasteiger charge is -2.38. The molecule has 0 spiro atoms. The van der Waals surface area contributed by atoms with E-state index in [1.165, 1.54) is 11.8 Å². The van der Waals surface area contributed by atoms with Crippen molar-refractivity contribution in [1.82, 2.24) is 14.8 Å². The number of aromatic carboxylic acids is 1. The molecular weight excluding hydrogens is 516 g/mol. The lowest BCUT2D eigenvalue weighted by molar-refractivity contribution is -0.144. The van der Waals surface area contributed by atoms with Crippen molar-refractivity contribution in [3.05, 3.63) is 28.7 Å². The van der Waals surface area contributed by atoms with Gasteiger partial charge in [-0.1, -0.05) is 53.5 Å². The molecule has 1 fully saturated rings. The Morgan fingerprint density at radius 3 is 2.59 bits per heavy atom. The molecule has 5 atom stereocenters. The first-order valence-electron chi connectivity index (χ1n) is 14.2. The summed E-state index contributed by atoms with van der Waals surface area (Å²) in [6, 6.07) is -0.701. The molecule has 0 radical (unpaired) electrons. The fraction of sp³-hybridized carbons (Fsp3) is 0.724. The summed E-state index contributed by atoms with van der Waals surface area (Å²) in [5.74, 6) is -1.24. The highest BCUT2D eigenvalue weighted by atomic mass is 32.1. The van der Waals surface area contributed by atoms with Gasteiger partial charge in [-0.15, -0.1) is 17.9 Å². The molecule has 2 rings (SSSR count). The highest BCUT2D eigenvalue weighted by Crippen LogP contribution is 2.29. The smallest absolute Gasteiger partial charge is 0.355 e. The molecule has 0 saturated carbocycles. The van der Waals surface area contributed by atoms with E-state index in [1.54, 1.807) is 11.0 Å². The summed E-state index contributed by atoms with van der Waals surface area (Å²) in [4.78, 5) is 38.9. The molecule has 2 N–H and O–H groups in total. The molecule has 1 aromatic heterocycles. The molecule has 1 saturated heterocycles. The molecule has 2 heterocycles. The zero-order valence-electron chi connectivity index (χ0n) is 24.5. The number of piperidine rings is 1. The largest absolute Gasteiger partial charge is 0.476 e. The quantitative estimate of drug-likeness (QED) is 0.125. The molecule has 10 heteroatoms. The predicted molar refractivity (Wildman–Crippen MR) is 156 cm³/mol. The molecule has 220 valence electrons. The Labute approximate surface area is 238 Å². The molecule has 1 aliphatic rings. The van der Waals surface area contributed by atoms with Crippen molar-refractivity contribution >= 4 is 28.9 Å². The summed E-state index contributed by atoms with van der Waals surface area (Å²) < 4.78 is 5.81. The Morgan fingerprint density at radius 1 is 1.33 bits per heavy atom. The van der Waals surface area contributed by atoms with E-state index in [9.17, 15) is 19.8 Å². The molecule has 5 unspecified atom stereocenters. The fourth-order valence-electron chi connectivity index (χ4n) is 5.09. The number of nitrogens with zero attached hydrogens (tertiary/aromatic N) is 4. The molecule has 39 heavy (non-hydrogen) atoms. The van der Waals surface area contributed by atoms with Gasteiger partial charge >= 0.3 is 5.97 Å². The van der Waals surface area contributed by atoms with Crippen molar-refractivity contribution < 1.29 is 24.5 Å². The predicted octanol–water partition coefficient (Wildman–Crippen LogP) is 5.03. The van der Waals surface area contributed by atoms with E-state index >= 15 is 0 Å². The Morgan fingerprint density at radius 2 is 2.05 bits per heavy atom. The Balaban J connectivity index is 2.43. The van der Waals surface area contributed by atoms with Gasteiger partial charge < -0.3 is 19.8 Å². The molecule has 9 nitrogen and oxygen atoms in total. The van der Waals surface area contributed by atoms with Crippen LogP contribution in [-0.2, 0) is 9.53 Å². The first-order valence-corrected chi connectivity index (χ1v) is 15.1. The van der Waals surface area contributed by atoms with Crippen LogP contribution in [0.2, 0.25) is 0 Å². The number of aliphatic imine (C=N–C) groups is 1. The van der Waals surface area contributed by atoms with Gasteiger partial charge in [-0.05, 0) is 44.7 Å². The van der Waals surface area contributed by atoms with Crippen LogP contribution in [0, 0.1) is 11.8 Å². The molecule has 1 aromatic rings. The fourth-order valence-corrected chi connectivity index (χ4v) is 5.88. The average molecular weight is 565 g/mol. The number of carbonyl (C=O) groups excluding carboxylic acids is 1. The van der Waals surface area contributed by atoms with Crippen molar-refractivity contribution in [2.45, 2.75) is 97.4 Å². The highest BCUT2D eigenvalue weighted by molar-refractivity contribution is 7.09. The van der Waals surface area contributed by atoms with Gasteiger partial charge in [0, 0.05) is 29.6 Å². The molecular formula is C29H48N4O5S. The van der Waals surface area contributed by atoms with E-state index in [-0.39, 0.29) is 55.3 Å². The van der Waals surface area contributed by atoms with Crippen LogP contribution in [0.25, 0.3) is 0 Å². The first kappa shape index (κ1) is 33.1. The van der Waals surface area contributed by atoms with Gasteiger partial charge in [-0.3, -0.25) is 14.7 Å². The normalized spacial score (nSPS) is 19.9. The van der Waals surface area contributed by atoms with Crippen LogP contribution in [-0.4, -0.2) is 87.6 Å². The Bertz CT molecular complexity index is 965. The van der Waals surface area contributed by atoms with Crippen LogP contribution < -0.4 is 0 Å². The zero-order chi connectivity index (χ0) is 29.1. The monoisotopic (exact) mass is 564 g/mol. The van der Waals surface area contributed by atoms with Gasteiger partial charge in [-0.2, -0.15) is 0 Å².